The lowest BCUT2D eigenvalue weighted by atomic mass is 10.1. The highest BCUT2D eigenvalue weighted by Crippen LogP contribution is 2.31. The summed E-state index contributed by atoms with van der Waals surface area (Å²) in [7, 11) is 0. The number of hydrogen-bond acceptors (Lipinski definition) is 6. The molecule has 6 heteroatoms. The van der Waals surface area contributed by atoms with Crippen molar-refractivity contribution in [3.63, 3.8) is 0 Å². The summed E-state index contributed by atoms with van der Waals surface area (Å²) in [5.74, 6) is 2.35. The van der Waals surface area contributed by atoms with Gasteiger partial charge in [-0.05, 0) is 12.8 Å². The van der Waals surface area contributed by atoms with Gasteiger partial charge in [-0.1, -0.05) is 18.0 Å². The third kappa shape index (κ3) is 2.70. The van der Waals surface area contributed by atoms with E-state index in [9.17, 15) is 0 Å². The monoisotopic (exact) mass is 269 g/mol. The summed E-state index contributed by atoms with van der Waals surface area (Å²) in [6.07, 6.45) is 5.39. The molecular weight excluding hydrogens is 250 g/mol. The topological polar surface area (TPSA) is 74.2 Å². The van der Waals surface area contributed by atoms with Gasteiger partial charge in [-0.25, -0.2) is 0 Å². The van der Waals surface area contributed by atoms with Crippen LogP contribution in [0.15, 0.2) is 4.52 Å². The molecule has 2 heterocycles. The van der Waals surface area contributed by atoms with E-state index in [2.05, 4.69) is 10.1 Å². The molecule has 1 saturated heterocycles. The maximum atomic E-state index is 5.94. The summed E-state index contributed by atoms with van der Waals surface area (Å²) in [6, 6.07) is -0.0132. The second kappa shape index (κ2) is 5.59. The van der Waals surface area contributed by atoms with Crippen LogP contribution < -0.4 is 5.73 Å². The molecule has 1 saturated carbocycles. The van der Waals surface area contributed by atoms with Gasteiger partial charge in [0.2, 0.25) is 5.89 Å². The fraction of sp³-hybridized carbons (Fsp3) is 0.833. The minimum atomic E-state index is -0.0132. The molecule has 2 unspecified atom stereocenters. The van der Waals surface area contributed by atoms with Gasteiger partial charge in [0.25, 0.3) is 0 Å². The second-order valence-corrected chi connectivity index (χ2v) is 6.36. The van der Waals surface area contributed by atoms with Gasteiger partial charge in [0.1, 0.15) is 0 Å². The molecule has 2 atom stereocenters. The summed E-state index contributed by atoms with van der Waals surface area (Å²) < 4.78 is 10.6. The Hall–Kier alpha value is -0.590. The average molecular weight is 269 g/mol. The van der Waals surface area contributed by atoms with Crippen LogP contribution >= 0.6 is 11.8 Å². The Morgan fingerprint density at radius 3 is 2.83 bits per heavy atom. The molecule has 1 aliphatic carbocycles. The second-order valence-electron chi connectivity index (χ2n) is 5.07. The summed E-state index contributed by atoms with van der Waals surface area (Å²) in [5.41, 5.74) is 5.94. The molecule has 2 N–H and O–H groups in total. The van der Waals surface area contributed by atoms with E-state index in [0.29, 0.717) is 19.1 Å². The van der Waals surface area contributed by atoms with Crippen molar-refractivity contribution in [2.75, 3.05) is 13.2 Å². The average Bonchev–Trinajstić information content (AvgIpc) is 3.07. The maximum Gasteiger partial charge on any atom is 0.233 e. The Kier molecular flexibility index (Phi) is 3.86. The summed E-state index contributed by atoms with van der Waals surface area (Å²) in [5, 5.41) is 4.82. The van der Waals surface area contributed by atoms with Crippen molar-refractivity contribution in [2.45, 2.75) is 48.6 Å². The number of nitrogens with two attached hydrogens (primary N) is 1. The van der Waals surface area contributed by atoms with Crippen LogP contribution in [0.3, 0.4) is 0 Å². The zero-order chi connectivity index (χ0) is 12.4. The molecule has 1 aromatic rings. The molecule has 0 aromatic carbocycles. The minimum absolute atomic E-state index is 0.0132. The predicted octanol–water partition coefficient (Wildman–Crippen LogP) is 1.69. The summed E-state index contributed by atoms with van der Waals surface area (Å²) >= 11 is 1.95. The lowest BCUT2D eigenvalue weighted by molar-refractivity contribution is 0.187. The van der Waals surface area contributed by atoms with Crippen molar-refractivity contribution in [3.8, 4) is 0 Å². The van der Waals surface area contributed by atoms with E-state index in [0.717, 1.165) is 16.8 Å². The van der Waals surface area contributed by atoms with Crippen LogP contribution in [-0.4, -0.2) is 34.6 Å². The first-order chi connectivity index (χ1) is 8.83. The van der Waals surface area contributed by atoms with Gasteiger partial charge >= 0.3 is 0 Å². The van der Waals surface area contributed by atoms with Gasteiger partial charge in [0.05, 0.1) is 24.9 Å². The van der Waals surface area contributed by atoms with Crippen LogP contribution in [0.1, 0.15) is 43.3 Å². The zero-order valence-electron chi connectivity index (χ0n) is 10.4. The van der Waals surface area contributed by atoms with Crippen LogP contribution in [0, 0.1) is 0 Å². The van der Waals surface area contributed by atoms with E-state index in [1.165, 1.54) is 25.7 Å². The summed E-state index contributed by atoms with van der Waals surface area (Å²) in [6.45, 7) is 1.18. The number of hydrogen-bond donors (Lipinski definition) is 1. The smallest absolute Gasteiger partial charge is 0.233 e. The van der Waals surface area contributed by atoms with Crippen LogP contribution in [-0.2, 0) is 10.5 Å². The van der Waals surface area contributed by atoms with Crippen molar-refractivity contribution in [1.82, 2.24) is 10.1 Å². The number of nitrogens with zero attached hydrogens (tertiary/aromatic N) is 2. The van der Waals surface area contributed by atoms with E-state index < -0.39 is 0 Å². The normalized spacial score (nSPS) is 29.2. The quantitative estimate of drug-likeness (QED) is 0.896. The SMILES string of the molecule is NC1COCC1c1nc(CSC2CCCC2)no1. The minimum Gasteiger partial charge on any atom is -0.379 e. The lowest BCUT2D eigenvalue weighted by Gasteiger charge is -2.06. The van der Waals surface area contributed by atoms with Crippen molar-refractivity contribution in [1.29, 1.82) is 0 Å². The number of aromatic nitrogens is 2. The van der Waals surface area contributed by atoms with Crippen molar-refractivity contribution in [3.05, 3.63) is 11.7 Å². The van der Waals surface area contributed by atoms with Crippen molar-refractivity contribution < 1.29 is 9.26 Å². The first-order valence-electron chi connectivity index (χ1n) is 6.60. The third-order valence-corrected chi connectivity index (χ3v) is 5.04. The molecule has 1 aromatic heterocycles. The van der Waals surface area contributed by atoms with E-state index in [1.54, 1.807) is 0 Å². The molecule has 2 fully saturated rings. The molecule has 0 amide bonds. The van der Waals surface area contributed by atoms with Crippen LogP contribution in [0.25, 0.3) is 0 Å². The third-order valence-electron chi connectivity index (χ3n) is 3.68. The van der Waals surface area contributed by atoms with E-state index >= 15 is 0 Å². The Morgan fingerprint density at radius 1 is 1.28 bits per heavy atom. The van der Waals surface area contributed by atoms with E-state index in [-0.39, 0.29) is 12.0 Å². The zero-order valence-corrected chi connectivity index (χ0v) is 11.2. The molecule has 5 nitrogen and oxygen atoms in total. The highest BCUT2D eigenvalue weighted by atomic mass is 32.2. The molecule has 3 rings (SSSR count). The molecular formula is C12H19N3O2S. The Morgan fingerprint density at radius 2 is 2.11 bits per heavy atom. The molecule has 1 aliphatic heterocycles. The van der Waals surface area contributed by atoms with Gasteiger partial charge in [0, 0.05) is 11.3 Å². The highest BCUT2D eigenvalue weighted by Gasteiger charge is 2.31. The molecule has 0 bridgehead atoms. The highest BCUT2D eigenvalue weighted by molar-refractivity contribution is 7.99. The van der Waals surface area contributed by atoms with Crippen LogP contribution in [0.2, 0.25) is 0 Å². The van der Waals surface area contributed by atoms with Crippen molar-refractivity contribution in [2.24, 2.45) is 5.73 Å². The molecule has 18 heavy (non-hydrogen) atoms. The predicted molar refractivity (Wildman–Crippen MR) is 69.4 cm³/mol. The van der Waals surface area contributed by atoms with Crippen molar-refractivity contribution >= 4 is 11.8 Å². The Bertz CT molecular complexity index is 392. The Labute approximate surface area is 111 Å². The molecule has 0 radical (unpaired) electrons. The first-order valence-corrected chi connectivity index (χ1v) is 7.65. The molecule has 2 aliphatic rings. The van der Waals surface area contributed by atoms with E-state index in [4.69, 9.17) is 15.0 Å². The fourth-order valence-electron chi connectivity index (χ4n) is 2.55. The lowest BCUT2D eigenvalue weighted by Crippen LogP contribution is -2.27. The number of rotatable bonds is 4. The summed E-state index contributed by atoms with van der Waals surface area (Å²) in [4.78, 5) is 4.45. The van der Waals surface area contributed by atoms with Gasteiger partial charge in [-0.15, -0.1) is 0 Å². The largest absolute Gasteiger partial charge is 0.379 e. The number of ether oxygens (including phenoxy) is 1. The van der Waals surface area contributed by atoms with Crippen LogP contribution in [0.5, 0.6) is 0 Å². The standard InChI is InChI=1S/C12H19N3O2S/c13-10-6-16-5-9(10)12-14-11(15-17-12)7-18-8-3-1-2-4-8/h8-10H,1-7,13H2. The van der Waals surface area contributed by atoms with Gasteiger partial charge in [-0.2, -0.15) is 16.7 Å². The van der Waals surface area contributed by atoms with E-state index in [1.807, 2.05) is 11.8 Å². The van der Waals surface area contributed by atoms with Gasteiger partial charge in [0.15, 0.2) is 5.82 Å². The van der Waals surface area contributed by atoms with Crippen LogP contribution in [0.4, 0.5) is 0 Å². The fourth-order valence-corrected chi connectivity index (χ4v) is 3.72. The molecule has 100 valence electrons. The Balaban J connectivity index is 1.55. The number of thioether (sulfide) groups is 1. The first kappa shape index (κ1) is 12.4. The van der Waals surface area contributed by atoms with Gasteiger partial charge < -0.3 is 15.0 Å². The molecule has 0 spiro atoms. The maximum absolute atomic E-state index is 5.94. The van der Waals surface area contributed by atoms with Gasteiger partial charge in [-0.3, -0.25) is 0 Å².